The maximum atomic E-state index is 2.57. The maximum Gasteiger partial charge on any atom is -0.0300 e. The smallest absolute Gasteiger partial charge is 0.0300 e. The lowest BCUT2D eigenvalue weighted by Gasteiger charge is -2.36. The van der Waals surface area contributed by atoms with E-state index >= 15 is 0 Å². The molecule has 0 heteroatoms. The monoisotopic (exact) mass is 266 g/mol. The van der Waals surface area contributed by atoms with Gasteiger partial charge in [0.15, 0.2) is 0 Å². The Hall–Kier alpha value is 0. The Kier molecular flexibility index (Phi) is 8.11. The van der Waals surface area contributed by atoms with E-state index in [9.17, 15) is 0 Å². The summed E-state index contributed by atoms with van der Waals surface area (Å²) < 4.78 is 0. The minimum atomic E-state index is 0.619. The van der Waals surface area contributed by atoms with Crippen LogP contribution in [-0.2, 0) is 0 Å². The molecule has 0 spiro atoms. The van der Waals surface area contributed by atoms with Gasteiger partial charge in [-0.25, -0.2) is 0 Å². The van der Waals surface area contributed by atoms with Crippen LogP contribution in [-0.4, -0.2) is 0 Å². The highest BCUT2D eigenvalue weighted by Crippen LogP contribution is 2.40. The van der Waals surface area contributed by atoms with Crippen LogP contribution in [0.1, 0.15) is 105 Å². The van der Waals surface area contributed by atoms with Crippen molar-refractivity contribution in [2.75, 3.05) is 0 Å². The molecular formula is C19H38. The molecule has 0 aromatic heterocycles. The molecule has 0 aromatic carbocycles. The van der Waals surface area contributed by atoms with Gasteiger partial charge in [-0.1, -0.05) is 91.9 Å². The molecule has 19 heavy (non-hydrogen) atoms. The highest BCUT2D eigenvalue weighted by Gasteiger charge is 2.28. The van der Waals surface area contributed by atoms with Gasteiger partial charge in [-0.2, -0.15) is 0 Å². The van der Waals surface area contributed by atoms with Crippen LogP contribution in [0.2, 0.25) is 0 Å². The Bertz CT molecular complexity index is 220. The van der Waals surface area contributed by atoms with Crippen molar-refractivity contribution in [2.45, 2.75) is 105 Å². The molecule has 0 radical (unpaired) electrons. The molecular weight excluding hydrogens is 228 g/mol. The van der Waals surface area contributed by atoms with Crippen LogP contribution in [0, 0.1) is 17.3 Å². The zero-order chi connectivity index (χ0) is 14.1. The Morgan fingerprint density at radius 1 is 0.895 bits per heavy atom. The highest BCUT2D eigenvalue weighted by atomic mass is 14.3. The van der Waals surface area contributed by atoms with E-state index in [-0.39, 0.29) is 0 Å². The number of hydrogen-bond donors (Lipinski definition) is 0. The van der Waals surface area contributed by atoms with E-state index < -0.39 is 0 Å². The van der Waals surface area contributed by atoms with Gasteiger partial charge in [0.05, 0.1) is 0 Å². The van der Waals surface area contributed by atoms with E-state index in [1.165, 1.54) is 77.0 Å². The second kappa shape index (κ2) is 9.03. The van der Waals surface area contributed by atoms with Crippen LogP contribution in [0.3, 0.4) is 0 Å². The fraction of sp³-hybridized carbons (Fsp3) is 1.00. The van der Waals surface area contributed by atoms with Gasteiger partial charge >= 0.3 is 0 Å². The molecule has 1 aliphatic rings. The van der Waals surface area contributed by atoms with Crippen LogP contribution in [0.15, 0.2) is 0 Å². The molecule has 0 aromatic rings. The van der Waals surface area contributed by atoms with E-state index in [1.54, 1.807) is 0 Å². The molecule has 1 aliphatic carbocycles. The second-order valence-electron chi connectivity index (χ2n) is 7.62. The average Bonchev–Trinajstić information content (AvgIpc) is 2.42. The van der Waals surface area contributed by atoms with Crippen molar-refractivity contribution in [1.29, 1.82) is 0 Å². The van der Waals surface area contributed by atoms with Crippen LogP contribution < -0.4 is 0 Å². The second-order valence-corrected chi connectivity index (χ2v) is 7.62. The van der Waals surface area contributed by atoms with Crippen molar-refractivity contribution < 1.29 is 0 Å². The fourth-order valence-corrected chi connectivity index (χ4v) is 3.83. The summed E-state index contributed by atoms with van der Waals surface area (Å²) in [5.41, 5.74) is 0.619. The van der Waals surface area contributed by atoms with Gasteiger partial charge in [0.1, 0.15) is 0 Å². The van der Waals surface area contributed by atoms with Crippen molar-refractivity contribution in [3.63, 3.8) is 0 Å². The van der Waals surface area contributed by atoms with Gasteiger partial charge in [-0.15, -0.1) is 0 Å². The van der Waals surface area contributed by atoms with Crippen molar-refractivity contribution >= 4 is 0 Å². The molecule has 0 aliphatic heterocycles. The number of rotatable bonds is 2. The van der Waals surface area contributed by atoms with Crippen molar-refractivity contribution in [2.24, 2.45) is 17.3 Å². The number of hydrogen-bond acceptors (Lipinski definition) is 0. The maximum absolute atomic E-state index is 2.57. The SMILES string of the molecule is CCC(C)C1(C)CCCCCCC(C)CCCCC1. The largest absolute Gasteiger partial charge is 0.0651 e. The zero-order valence-corrected chi connectivity index (χ0v) is 14.1. The van der Waals surface area contributed by atoms with Crippen molar-refractivity contribution in [3.8, 4) is 0 Å². The minimum Gasteiger partial charge on any atom is -0.0651 e. The molecule has 0 N–H and O–H groups in total. The van der Waals surface area contributed by atoms with Gasteiger partial charge in [0.2, 0.25) is 0 Å². The lowest BCUT2D eigenvalue weighted by atomic mass is 9.70. The van der Waals surface area contributed by atoms with Gasteiger partial charge in [0.25, 0.3) is 0 Å². The molecule has 1 saturated carbocycles. The normalized spacial score (nSPS) is 33.8. The quantitative estimate of drug-likeness (QED) is 0.505. The summed E-state index contributed by atoms with van der Waals surface area (Å²) in [7, 11) is 0. The van der Waals surface area contributed by atoms with Crippen LogP contribution >= 0.6 is 0 Å². The first kappa shape index (κ1) is 17.1. The molecule has 0 bridgehead atoms. The third-order valence-electron chi connectivity index (χ3n) is 5.94. The van der Waals surface area contributed by atoms with Gasteiger partial charge in [-0.05, 0) is 30.1 Å². The Labute approximate surface area is 122 Å². The molecule has 1 rings (SSSR count). The summed E-state index contributed by atoms with van der Waals surface area (Å²) in [5, 5.41) is 0. The topological polar surface area (TPSA) is 0 Å². The molecule has 0 heterocycles. The first-order chi connectivity index (χ1) is 9.08. The lowest BCUT2D eigenvalue weighted by molar-refractivity contribution is 0.151. The van der Waals surface area contributed by atoms with Crippen LogP contribution in [0.5, 0.6) is 0 Å². The molecule has 0 nitrogen and oxygen atoms in total. The van der Waals surface area contributed by atoms with Gasteiger partial charge in [0, 0.05) is 0 Å². The Morgan fingerprint density at radius 3 is 1.89 bits per heavy atom. The summed E-state index contributed by atoms with van der Waals surface area (Å²) in [6.07, 6.45) is 17.5. The summed E-state index contributed by atoms with van der Waals surface area (Å²) in [6.45, 7) is 9.89. The van der Waals surface area contributed by atoms with E-state index in [1.807, 2.05) is 0 Å². The third kappa shape index (κ3) is 6.32. The minimum absolute atomic E-state index is 0.619. The van der Waals surface area contributed by atoms with Crippen molar-refractivity contribution in [3.05, 3.63) is 0 Å². The van der Waals surface area contributed by atoms with Gasteiger partial charge in [-0.3, -0.25) is 0 Å². The van der Waals surface area contributed by atoms with Crippen molar-refractivity contribution in [1.82, 2.24) is 0 Å². The molecule has 1 fully saturated rings. The molecule has 114 valence electrons. The summed E-state index contributed by atoms with van der Waals surface area (Å²) in [5.74, 6) is 1.87. The molecule has 0 amide bonds. The average molecular weight is 267 g/mol. The Balaban J connectivity index is 2.50. The van der Waals surface area contributed by atoms with E-state index in [2.05, 4.69) is 27.7 Å². The summed E-state index contributed by atoms with van der Waals surface area (Å²) in [4.78, 5) is 0. The molecule has 3 atom stereocenters. The molecule has 0 saturated heterocycles. The van der Waals surface area contributed by atoms with E-state index in [4.69, 9.17) is 0 Å². The van der Waals surface area contributed by atoms with E-state index in [0.29, 0.717) is 5.41 Å². The molecule has 3 unspecified atom stereocenters. The Morgan fingerprint density at radius 2 is 1.37 bits per heavy atom. The first-order valence-electron chi connectivity index (χ1n) is 9.08. The standard InChI is InChI=1S/C19H38/c1-5-18(3)19(4)15-11-7-6-9-13-17(2)14-10-8-12-16-19/h17-18H,5-16H2,1-4H3. The first-order valence-corrected chi connectivity index (χ1v) is 9.08. The third-order valence-corrected chi connectivity index (χ3v) is 5.94. The zero-order valence-electron chi connectivity index (χ0n) is 14.1. The summed E-state index contributed by atoms with van der Waals surface area (Å²) in [6, 6.07) is 0. The summed E-state index contributed by atoms with van der Waals surface area (Å²) >= 11 is 0. The highest BCUT2D eigenvalue weighted by molar-refractivity contribution is 4.79. The fourth-order valence-electron chi connectivity index (χ4n) is 3.83. The lowest BCUT2D eigenvalue weighted by Crippen LogP contribution is -2.25. The predicted molar refractivity (Wildman–Crippen MR) is 87.5 cm³/mol. The van der Waals surface area contributed by atoms with Crippen LogP contribution in [0.25, 0.3) is 0 Å². The predicted octanol–water partition coefficient (Wildman–Crippen LogP) is 6.98. The van der Waals surface area contributed by atoms with Gasteiger partial charge < -0.3 is 0 Å². The van der Waals surface area contributed by atoms with E-state index in [0.717, 1.165) is 11.8 Å². The van der Waals surface area contributed by atoms with Crippen LogP contribution in [0.4, 0.5) is 0 Å².